The van der Waals surface area contributed by atoms with Crippen LogP contribution < -0.4 is 0 Å². The van der Waals surface area contributed by atoms with Gasteiger partial charge in [-0.15, -0.1) is 0 Å². The highest BCUT2D eigenvalue weighted by molar-refractivity contribution is 5.31. The van der Waals surface area contributed by atoms with Crippen LogP contribution in [0.3, 0.4) is 0 Å². The Morgan fingerprint density at radius 2 is 2.06 bits per heavy atom. The van der Waals surface area contributed by atoms with E-state index < -0.39 is 6.10 Å². The molecule has 0 bridgehead atoms. The highest BCUT2D eigenvalue weighted by atomic mass is 16.3. The van der Waals surface area contributed by atoms with Crippen molar-refractivity contribution in [3.05, 3.63) is 47.0 Å². The molecule has 0 amide bonds. The predicted octanol–water partition coefficient (Wildman–Crippen LogP) is 1.58. The van der Waals surface area contributed by atoms with E-state index in [1.54, 1.807) is 4.68 Å². The lowest BCUT2D eigenvalue weighted by Crippen LogP contribution is -2.17. The molecular weight excluding hydrogens is 226 g/mol. The molecule has 4 nitrogen and oxygen atoms in total. The van der Waals surface area contributed by atoms with Crippen LogP contribution in [-0.2, 0) is 19.9 Å². The summed E-state index contributed by atoms with van der Waals surface area (Å²) in [6.07, 6.45) is 2.28. The van der Waals surface area contributed by atoms with Crippen LogP contribution in [0.15, 0.2) is 24.5 Å². The molecule has 0 spiro atoms. The van der Waals surface area contributed by atoms with Crippen molar-refractivity contribution in [1.29, 1.82) is 0 Å². The maximum Gasteiger partial charge on any atom is 0.138 e. The monoisotopic (exact) mass is 245 g/mol. The first-order valence-corrected chi connectivity index (χ1v) is 6.13. The summed E-state index contributed by atoms with van der Waals surface area (Å²) in [6, 6.07) is 6.32. The number of aliphatic hydroxyl groups is 1. The normalized spacial score (nSPS) is 12.7. The first-order chi connectivity index (χ1) is 8.56. The summed E-state index contributed by atoms with van der Waals surface area (Å²) >= 11 is 0. The van der Waals surface area contributed by atoms with Gasteiger partial charge in [-0.3, -0.25) is 4.68 Å². The van der Waals surface area contributed by atoms with Crippen LogP contribution in [0.4, 0.5) is 0 Å². The second-order valence-electron chi connectivity index (χ2n) is 4.79. The number of aliphatic hydroxyl groups excluding tert-OH is 1. The van der Waals surface area contributed by atoms with Gasteiger partial charge in [0.15, 0.2) is 0 Å². The van der Waals surface area contributed by atoms with E-state index in [1.165, 1.54) is 23.0 Å². The maximum atomic E-state index is 10.1. The van der Waals surface area contributed by atoms with Crippen molar-refractivity contribution < 1.29 is 5.11 Å². The van der Waals surface area contributed by atoms with Crippen molar-refractivity contribution in [2.24, 2.45) is 7.05 Å². The van der Waals surface area contributed by atoms with Crippen LogP contribution in [0.2, 0.25) is 0 Å². The van der Waals surface area contributed by atoms with E-state index in [1.807, 2.05) is 7.05 Å². The van der Waals surface area contributed by atoms with Gasteiger partial charge in [-0.2, -0.15) is 5.10 Å². The maximum absolute atomic E-state index is 10.1. The summed E-state index contributed by atoms with van der Waals surface area (Å²) in [4.78, 5) is 4.13. The van der Waals surface area contributed by atoms with Gasteiger partial charge in [0, 0.05) is 13.5 Å². The average Bonchev–Trinajstić information content (AvgIpc) is 2.70. The Labute approximate surface area is 107 Å². The summed E-state index contributed by atoms with van der Waals surface area (Å²) in [6.45, 7) is 4.14. The zero-order chi connectivity index (χ0) is 13.1. The van der Waals surface area contributed by atoms with Gasteiger partial charge >= 0.3 is 0 Å². The van der Waals surface area contributed by atoms with Crippen molar-refractivity contribution in [2.75, 3.05) is 0 Å². The van der Waals surface area contributed by atoms with E-state index in [-0.39, 0.29) is 0 Å². The number of benzene rings is 1. The predicted molar refractivity (Wildman–Crippen MR) is 70.3 cm³/mol. The van der Waals surface area contributed by atoms with Crippen molar-refractivity contribution in [3.63, 3.8) is 0 Å². The quantitative estimate of drug-likeness (QED) is 0.889. The van der Waals surface area contributed by atoms with Gasteiger partial charge in [0.1, 0.15) is 12.2 Å². The highest BCUT2D eigenvalue weighted by Crippen LogP contribution is 2.14. The van der Waals surface area contributed by atoms with E-state index in [0.29, 0.717) is 12.8 Å². The third-order valence-electron chi connectivity index (χ3n) is 3.18. The van der Waals surface area contributed by atoms with Crippen LogP contribution in [-0.4, -0.2) is 26.0 Å². The molecule has 2 aromatic rings. The molecule has 1 N–H and O–H groups in total. The zero-order valence-corrected chi connectivity index (χ0v) is 11.1. The van der Waals surface area contributed by atoms with Gasteiger partial charge in [0.05, 0.1) is 6.10 Å². The van der Waals surface area contributed by atoms with Crippen LogP contribution in [0, 0.1) is 13.8 Å². The Balaban J connectivity index is 2.05. The Kier molecular flexibility index (Phi) is 3.77. The lowest BCUT2D eigenvalue weighted by molar-refractivity contribution is 0.171. The fourth-order valence-corrected chi connectivity index (χ4v) is 2.06. The van der Waals surface area contributed by atoms with E-state index in [0.717, 1.165) is 5.82 Å². The van der Waals surface area contributed by atoms with Crippen LogP contribution in [0.5, 0.6) is 0 Å². The van der Waals surface area contributed by atoms with Crippen LogP contribution >= 0.6 is 0 Å². The summed E-state index contributed by atoms with van der Waals surface area (Å²) in [5, 5.41) is 14.1. The molecule has 0 aliphatic heterocycles. The molecule has 0 saturated carbocycles. The molecule has 1 heterocycles. The summed E-state index contributed by atoms with van der Waals surface area (Å²) in [7, 11) is 1.84. The largest absolute Gasteiger partial charge is 0.392 e. The van der Waals surface area contributed by atoms with Gasteiger partial charge in [-0.25, -0.2) is 4.98 Å². The first kappa shape index (κ1) is 12.8. The molecule has 1 unspecified atom stereocenters. The molecule has 1 aromatic heterocycles. The molecule has 4 heteroatoms. The molecule has 0 aliphatic carbocycles. The number of hydrogen-bond donors (Lipinski definition) is 1. The number of aryl methyl sites for hydroxylation is 3. The Hall–Kier alpha value is -1.68. The minimum Gasteiger partial charge on any atom is -0.392 e. The van der Waals surface area contributed by atoms with Gasteiger partial charge in [-0.1, -0.05) is 23.8 Å². The number of hydrogen-bond acceptors (Lipinski definition) is 3. The molecule has 0 aliphatic rings. The van der Waals surface area contributed by atoms with E-state index >= 15 is 0 Å². The zero-order valence-electron chi connectivity index (χ0n) is 11.1. The molecular formula is C14H19N3O. The molecule has 18 heavy (non-hydrogen) atoms. The smallest absolute Gasteiger partial charge is 0.138 e. The minimum atomic E-state index is -0.423. The fraction of sp³-hybridized carbons (Fsp3) is 0.429. The van der Waals surface area contributed by atoms with Crippen molar-refractivity contribution in [2.45, 2.75) is 32.8 Å². The first-order valence-electron chi connectivity index (χ1n) is 6.13. The van der Waals surface area contributed by atoms with Crippen molar-refractivity contribution in [3.8, 4) is 0 Å². The number of rotatable bonds is 4. The van der Waals surface area contributed by atoms with Crippen molar-refractivity contribution >= 4 is 0 Å². The second kappa shape index (κ2) is 5.31. The molecule has 1 atom stereocenters. The van der Waals surface area contributed by atoms with E-state index in [2.05, 4.69) is 42.1 Å². The summed E-state index contributed by atoms with van der Waals surface area (Å²) < 4.78 is 1.70. The van der Waals surface area contributed by atoms with E-state index in [9.17, 15) is 5.11 Å². The van der Waals surface area contributed by atoms with Crippen LogP contribution in [0.1, 0.15) is 22.5 Å². The Bertz CT molecular complexity index is 534. The van der Waals surface area contributed by atoms with E-state index in [4.69, 9.17) is 0 Å². The molecule has 0 radical (unpaired) electrons. The molecule has 2 rings (SSSR count). The Morgan fingerprint density at radius 3 is 2.72 bits per heavy atom. The standard InChI is InChI=1S/C14H19N3O/c1-10-4-5-11(2)12(6-10)7-13(18)8-14-15-9-16-17(14)3/h4-6,9,13,18H,7-8H2,1-3H3. The summed E-state index contributed by atoms with van der Waals surface area (Å²) in [5.74, 6) is 0.813. The SMILES string of the molecule is Cc1ccc(C)c(CC(O)Cc2ncnn2C)c1. The molecule has 96 valence electrons. The lowest BCUT2D eigenvalue weighted by Gasteiger charge is -2.12. The number of aromatic nitrogens is 3. The van der Waals surface area contributed by atoms with Crippen molar-refractivity contribution in [1.82, 2.24) is 14.8 Å². The third kappa shape index (κ3) is 2.96. The average molecular weight is 245 g/mol. The van der Waals surface area contributed by atoms with Gasteiger partial charge in [0.2, 0.25) is 0 Å². The van der Waals surface area contributed by atoms with Gasteiger partial charge in [0.25, 0.3) is 0 Å². The lowest BCUT2D eigenvalue weighted by atomic mass is 9.99. The fourth-order valence-electron chi connectivity index (χ4n) is 2.06. The third-order valence-corrected chi connectivity index (χ3v) is 3.18. The Morgan fingerprint density at radius 1 is 1.28 bits per heavy atom. The summed E-state index contributed by atoms with van der Waals surface area (Å²) in [5.41, 5.74) is 3.64. The molecule has 0 saturated heterocycles. The highest BCUT2D eigenvalue weighted by Gasteiger charge is 2.12. The second-order valence-corrected chi connectivity index (χ2v) is 4.79. The van der Waals surface area contributed by atoms with Crippen LogP contribution in [0.25, 0.3) is 0 Å². The topological polar surface area (TPSA) is 50.9 Å². The van der Waals surface area contributed by atoms with Gasteiger partial charge < -0.3 is 5.11 Å². The minimum absolute atomic E-state index is 0.423. The van der Waals surface area contributed by atoms with Gasteiger partial charge in [-0.05, 0) is 31.4 Å². The molecule has 0 fully saturated rings. The molecule has 1 aromatic carbocycles. The number of nitrogens with zero attached hydrogens (tertiary/aromatic N) is 3.